The summed E-state index contributed by atoms with van der Waals surface area (Å²) in [6, 6.07) is 0. The SMILES string of the molecule is O=CCON=CC(F)(F)F. The molecule has 58 valence electrons. The number of carbonyl (C=O) groups is 1. The van der Waals surface area contributed by atoms with Gasteiger partial charge in [-0.1, -0.05) is 5.16 Å². The Morgan fingerprint density at radius 1 is 1.50 bits per heavy atom. The maximum Gasteiger partial charge on any atom is 0.429 e. The highest BCUT2D eigenvalue weighted by Gasteiger charge is 2.24. The number of halogens is 3. The van der Waals surface area contributed by atoms with Gasteiger partial charge >= 0.3 is 6.18 Å². The van der Waals surface area contributed by atoms with Crippen LogP contribution >= 0.6 is 0 Å². The molecule has 0 radical (unpaired) electrons. The molecule has 0 aliphatic carbocycles. The average Bonchev–Trinajstić information content (AvgIpc) is 1.78. The molecule has 0 N–H and O–H groups in total. The number of nitrogens with zero attached hydrogens (tertiary/aromatic N) is 1. The van der Waals surface area contributed by atoms with Crippen LogP contribution in [0.1, 0.15) is 0 Å². The van der Waals surface area contributed by atoms with Gasteiger partial charge in [0, 0.05) is 0 Å². The Balaban J connectivity index is 3.46. The zero-order valence-corrected chi connectivity index (χ0v) is 4.76. The Bertz CT molecular complexity index is 131. The van der Waals surface area contributed by atoms with Crippen molar-refractivity contribution in [3.63, 3.8) is 0 Å². The van der Waals surface area contributed by atoms with Crippen molar-refractivity contribution in [2.24, 2.45) is 5.16 Å². The predicted octanol–water partition coefficient (Wildman–Crippen LogP) is 0.750. The van der Waals surface area contributed by atoms with Gasteiger partial charge in [-0.25, -0.2) is 0 Å². The molecule has 10 heavy (non-hydrogen) atoms. The molecule has 0 bridgehead atoms. The van der Waals surface area contributed by atoms with Gasteiger partial charge in [0.2, 0.25) is 0 Å². The second-order valence-electron chi connectivity index (χ2n) is 1.24. The number of carbonyl (C=O) groups excluding carboxylic acids is 1. The number of hydrogen-bond donors (Lipinski definition) is 0. The molecule has 0 aliphatic rings. The van der Waals surface area contributed by atoms with Gasteiger partial charge in [0.25, 0.3) is 0 Å². The van der Waals surface area contributed by atoms with Crippen LogP contribution in [-0.4, -0.2) is 25.3 Å². The first kappa shape index (κ1) is 8.93. The quantitative estimate of drug-likeness (QED) is 0.261. The van der Waals surface area contributed by atoms with Crippen LogP contribution in [0.4, 0.5) is 13.2 Å². The van der Waals surface area contributed by atoms with Crippen molar-refractivity contribution in [1.29, 1.82) is 0 Å². The van der Waals surface area contributed by atoms with Gasteiger partial charge in [-0.2, -0.15) is 13.2 Å². The Morgan fingerprint density at radius 3 is 2.50 bits per heavy atom. The Hall–Kier alpha value is -1.07. The molecule has 0 aromatic heterocycles. The highest BCUT2D eigenvalue weighted by atomic mass is 19.4. The van der Waals surface area contributed by atoms with Gasteiger partial charge in [0.15, 0.2) is 12.9 Å². The van der Waals surface area contributed by atoms with Gasteiger partial charge < -0.3 is 4.84 Å². The average molecular weight is 155 g/mol. The van der Waals surface area contributed by atoms with Gasteiger partial charge in [-0.3, -0.25) is 4.79 Å². The Kier molecular flexibility index (Phi) is 3.45. The van der Waals surface area contributed by atoms with E-state index in [-0.39, 0.29) is 6.21 Å². The van der Waals surface area contributed by atoms with Gasteiger partial charge in [-0.05, 0) is 0 Å². The van der Waals surface area contributed by atoms with Crippen molar-refractivity contribution in [2.45, 2.75) is 6.18 Å². The molecule has 0 amide bonds. The standard InChI is InChI=1S/C4H4F3NO2/c5-4(6,7)3-8-10-2-1-9/h1,3H,2H2. The van der Waals surface area contributed by atoms with E-state index in [4.69, 9.17) is 0 Å². The topological polar surface area (TPSA) is 38.7 Å². The number of aldehydes is 1. The van der Waals surface area contributed by atoms with Crippen molar-refractivity contribution < 1.29 is 22.8 Å². The summed E-state index contributed by atoms with van der Waals surface area (Å²) in [6.45, 7) is -0.466. The lowest BCUT2D eigenvalue weighted by Crippen LogP contribution is -2.08. The second kappa shape index (κ2) is 3.86. The third-order valence-electron chi connectivity index (χ3n) is 0.416. The van der Waals surface area contributed by atoms with E-state index < -0.39 is 12.8 Å². The molecule has 0 saturated heterocycles. The van der Waals surface area contributed by atoms with E-state index in [1.165, 1.54) is 0 Å². The zero-order valence-electron chi connectivity index (χ0n) is 4.76. The lowest BCUT2D eigenvalue weighted by atomic mass is 10.7. The molecule has 3 nitrogen and oxygen atoms in total. The van der Waals surface area contributed by atoms with E-state index in [2.05, 4.69) is 9.99 Å². The van der Waals surface area contributed by atoms with Crippen LogP contribution in [0.25, 0.3) is 0 Å². The van der Waals surface area contributed by atoms with E-state index in [9.17, 15) is 18.0 Å². The summed E-state index contributed by atoms with van der Waals surface area (Å²) in [4.78, 5) is 13.3. The molecule has 0 aromatic rings. The molecule has 0 rings (SSSR count). The van der Waals surface area contributed by atoms with Crippen LogP contribution in [0.3, 0.4) is 0 Å². The summed E-state index contributed by atoms with van der Waals surface area (Å²) in [5, 5.41) is 2.45. The molecule has 0 atom stereocenters. The maximum absolute atomic E-state index is 11.2. The van der Waals surface area contributed by atoms with Gasteiger partial charge in [0.05, 0.1) is 0 Å². The maximum atomic E-state index is 11.2. The fourth-order valence-electron chi connectivity index (χ4n) is 0.170. The van der Waals surface area contributed by atoms with Crippen molar-refractivity contribution in [3.05, 3.63) is 0 Å². The molecular formula is C4H4F3NO2. The third-order valence-corrected chi connectivity index (χ3v) is 0.416. The Morgan fingerprint density at radius 2 is 2.10 bits per heavy atom. The number of oxime groups is 1. The largest absolute Gasteiger partial charge is 0.429 e. The lowest BCUT2D eigenvalue weighted by Gasteiger charge is -1.95. The van der Waals surface area contributed by atoms with Crippen LogP contribution in [0.2, 0.25) is 0 Å². The zero-order chi connectivity index (χ0) is 8.04. The molecular weight excluding hydrogens is 151 g/mol. The number of rotatable bonds is 3. The van der Waals surface area contributed by atoms with E-state index in [0.29, 0.717) is 6.29 Å². The number of alkyl halides is 3. The molecule has 0 heterocycles. The number of hydrogen-bond acceptors (Lipinski definition) is 3. The minimum Gasteiger partial charge on any atom is -0.388 e. The first-order chi connectivity index (χ1) is 4.56. The van der Waals surface area contributed by atoms with Crippen LogP contribution in [0.5, 0.6) is 0 Å². The van der Waals surface area contributed by atoms with Crippen LogP contribution in [0.15, 0.2) is 5.16 Å². The first-order valence-electron chi connectivity index (χ1n) is 2.23. The van der Waals surface area contributed by atoms with Crippen molar-refractivity contribution in [2.75, 3.05) is 6.61 Å². The summed E-state index contributed by atoms with van der Waals surface area (Å²) in [5.41, 5.74) is 0. The predicted molar refractivity (Wildman–Crippen MR) is 26.6 cm³/mol. The molecule has 0 aromatic carbocycles. The molecule has 0 aliphatic heterocycles. The lowest BCUT2D eigenvalue weighted by molar-refractivity contribution is -0.112. The highest BCUT2D eigenvalue weighted by Crippen LogP contribution is 2.10. The summed E-state index contributed by atoms with van der Waals surface area (Å²) in [5.74, 6) is 0. The van der Waals surface area contributed by atoms with Gasteiger partial charge in [0.1, 0.15) is 6.21 Å². The molecule has 0 unspecified atom stereocenters. The molecule has 0 spiro atoms. The van der Waals surface area contributed by atoms with Crippen LogP contribution in [0, 0.1) is 0 Å². The minimum absolute atomic E-state index is 0.299. The molecule has 6 heteroatoms. The molecule has 0 fully saturated rings. The summed E-state index contributed by atoms with van der Waals surface area (Å²) < 4.78 is 33.5. The summed E-state index contributed by atoms with van der Waals surface area (Å²) >= 11 is 0. The summed E-state index contributed by atoms with van der Waals surface area (Å²) in [6.07, 6.45) is -4.52. The van der Waals surface area contributed by atoms with Crippen LogP contribution in [-0.2, 0) is 9.63 Å². The fourth-order valence-corrected chi connectivity index (χ4v) is 0.170. The van der Waals surface area contributed by atoms with E-state index in [0.717, 1.165) is 0 Å². The normalized spacial score (nSPS) is 11.9. The first-order valence-corrected chi connectivity index (χ1v) is 2.23. The van der Waals surface area contributed by atoms with Crippen molar-refractivity contribution in [1.82, 2.24) is 0 Å². The van der Waals surface area contributed by atoms with Crippen molar-refractivity contribution in [3.8, 4) is 0 Å². The van der Waals surface area contributed by atoms with Crippen molar-refractivity contribution >= 4 is 12.5 Å². The van der Waals surface area contributed by atoms with E-state index in [1.807, 2.05) is 0 Å². The minimum atomic E-state index is -4.48. The highest BCUT2D eigenvalue weighted by molar-refractivity contribution is 5.63. The Labute approximate surface area is 54.5 Å². The second-order valence-corrected chi connectivity index (χ2v) is 1.24. The van der Waals surface area contributed by atoms with Crippen LogP contribution < -0.4 is 0 Å². The monoisotopic (exact) mass is 155 g/mol. The molecule has 0 saturated carbocycles. The van der Waals surface area contributed by atoms with E-state index >= 15 is 0 Å². The van der Waals surface area contributed by atoms with Gasteiger partial charge in [-0.15, -0.1) is 0 Å². The van der Waals surface area contributed by atoms with E-state index in [1.54, 1.807) is 0 Å². The fraction of sp³-hybridized carbons (Fsp3) is 0.500. The third kappa shape index (κ3) is 6.93. The smallest absolute Gasteiger partial charge is 0.388 e. The summed E-state index contributed by atoms with van der Waals surface area (Å²) in [7, 11) is 0.